The number of nitriles is 1. The van der Waals surface area contributed by atoms with Crippen LogP contribution in [0.1, 0.15) is 43.0 Å². The van der Waals surface area contributed by atoms with Gasteiger partial charge in [-0.05, 0) is 50.2 Å². The number of piperidine rings is 1. The molecule has 0 aromatic heterocycles. The molecule has 4 rings (SSSR count). The van der Waals surface area contributed by atoms with Crippen molar-refractivity contribution >= 4 is 17.3 Å². The second-order valence-electron chi connectivity index (χ2n) is 7.63. The summed E-state index contributed by atoms with van der Waals surface area (Å²) in [4.78, 5) is 19.4. The molecule has 2 bridgehead atoms. The summed E-state index contributed by atoms with van der Waals surface area (Å²) in [6.07, 6.45) is 10.2. The molecular formula is C26H35KN5O2-. The molecule has 178 valence electrons. The van der Waals surface area contributed by atoms with E-state index in [4.69, 9.17) is 5.11 Å². The van der Waals surface area contributed by atoms with Crippen LogP contribution >= 0.6 is 0 Å². The third-order valence-electron chi connectivity index (χ3n) is 5.35. The topological polar surface area (TPSA) is 101 Å². The van der Waals surface area contributed by atoms with Gasteiger partial charge in [0.15, 0.2) is 0 Å². The van der Waals surface area contributed by atoms with Crippen LogP contribution in [0.15, 0.2) is 59.5 Å². The molecule has 3 N–H and O–H groups in total. The molecule has 3 aliphatic heterocycles. The summed E-state index contributed by atoms with van der Waals surface area (Å²) in [5.74, 6) is 0.894. The number of anilines is 1. The Morgan fingerprint density at radius 3 is 2.68 bits per heavy atom. The molecule has 0 unspecified atom stereocenters. The number of allylic oxidation sites excluding steroid dienone is 3. The van der Waals surface area contributed by atoms with Crippen molar-refractivity contribution in [2.45, 2.75) is 32.6 Å². The molecule has 1 saturated heterocycles. The van der Waals surface area contributed by atoms with Crippen molar-refractivity contribution < 1.29 is 61.3 Å². The molecule has 0 saturated carbocycles. The molecule has 1 fully saturated rings. The smallest absolute Gasteiger partial charge is 0.423 e. The van der Waals surface area contributed by atoms with E-state index in [0.29, 0.717) is 29.5 Å². The van der Waals surface area contributed by atoms with Gasteiger partial charge in [-0.25, -0.2) is 4.99 Å². The van der Waals surface area contributed by atoms with Gasteiger partial charge in [0, 0.05) is 32.4 Å². The van der Waals surface area contributed by atoms with E-state index in [9.17, 15) is 10.1 Å². The Morgan fingerprint density at radius 1 is 1.29 bits per heavy atom. The second-order valence-corrected chi connectivity index (χ2v) is 7.63. The first-order chi connectivity index (χ1) is 15.6. The van der Waals surface area contributed by atoms with E-state index < -0.39 is 0 Å². The summed E-state index contributed by atoms with van der Waals surface area (Å²) >= 11 is 0. The van der Waals surface area contributed by atoms with Crippen LogP contribution in [0.4, 0.5) is 5.69 Å². The van der Waals surface area contributed by atoms with Gasteiger partial charge in [-0.3, -0.25) is 4.79 Å². The molecule has 7 nitrogen and oxygen atoms in total. The van der Waals surface area contributed by atoms with Gasteiger partial charge in [0.05, 0.1) is 0 Å². The molecule has 1 aromatic rings. The molecule has 8 heteroatoms. The van der Waals surface area contributed by atoms with Crippen molar-refractivity contribution in [3.63, 3.8) is 0 Å². The van der Waals surface area contributed by atoms with Gasteiger partial charge in [0.1, 0.15) is 17.6 Å². The van der Waals surface area contributed by atoms with Crippen LogP contribution in [-0.2, 0) is 0 Å². The molecule has 0 aliphatic carbocycles. The van der Waals surface area contributed by atoms with Crippen molar-refractivity contribution in [3.05, 3.63) is 73.6 Å². The van der Waals surface area contributed by atoms with E-state index in [1.54, 1.807) is 25.1 Å². The van der Waals surface area contributed by atoms with E-state index in [1.165, 1.54) is 0 Å². The Kier molecular flexibility index (Phi) is 16.8. The zero-order valence-electron chi connectivity index (χ0n) is 20.9. The maximum absolute atomic E-state index is 12.9. The molecule has 0 spiro atoms. The third-order valence-corrected chi connectivity index (χ3v) is 5.35. The average Bonchev–Trinajstić information content (AvgIpc) is 2.82. The number of carbonyl (C=O) groups is 1. The van der Waals surface area contributed by atoms with E-state index in [2.05, 4.69) is 45.3 Å². The molecular weight excluding hydrogens is 453 g/mol. The minimum absolute atomic E-state index is 0. The third kappa shape index (κ3) is 10.3. The van der Waals surface area contributed by atoms with Gasteiger partial charge < -0.3 is 28.1 Å². The zero-order chi connectivity index (χ0) is 23.3. The molecule has 1 amide bonds. The summed E-state index contributed by atoms with van der Waals surface area (Å²) in [5, 5.41) is 22.4. The summed E-state index contributed by atoms with van der Waals surface area (Å²) in [6, 6.07) is 10.6. The fourth-order valence-electron chi connectivity index (χ4n) is 3.75. The van der Waals surface area contributed by atoms with Crippen LogP contribution in [0.5, 0.6) is 0 Å². The van der Waals surface area contributed by atoms with E-state index >= 15 is 0 Å². The number of carbonyl (C=O) groups excluding carboxylic acids is 1. The molecule has 1 aromatic carbocycles. The summed E-state index contributed by atoms with van der Waals surface area (Å²) < 4.78 is 0. The van der Waals surface area contributed by atoms with Crippen LogP contribution in [-0.4, -0.2) is 43.5 Å². The molecule has 34 heavy (non-hydrogen) atoms. The van der Waals surface area contributed by atoms with Gasteiger partial charge in [-0.2, -0.15) is 29.5 Å². The molecule has 3 aliphatic rings. The van der Waals surface area contributed by atoms with Crippen molar-refractivity contribution in [2.24, 2.45) is 10.9 Å². The maximum atomic E-state index is 12.9. The molecule has 0 radical (unpaired) electrons. The van der Waals surface area contributed by atoms with Gasteiger partial charge in [0.2, 0.25) is 5.91 Å². The Labute approximate surface area is 247 Å². The van der Waals surface area contributed by atoms with Crippen molar-refractivity contribution in [3.8, 4) is 6.07 Å². The number of benzene rings is 1. The largest absolute Gasteiger partial charge is 1.00 e. The van der Waals surface area contributed by atoms with Gasteiger partial charge in [0.25, 0.3) is 0 Å². The van der Waals surface area contributed by atoms with E-state index in [-0.39, 0.29) is 70.4 Å². The van der Waals surface area contributed by atoms with Crippen LogP contribution in [0.25, 0.3) is 0 Å². The van der Waals surface area contributed by atoms with E-state index in [0.717, 1.165) is 51.6 Å². The summed E-state index contributed by atoms with van der Waals surface area (Å²) in [5.41, 5.74) is 2.25. The Hall–Kier alpha value is -1.73. The SMILES string of the molecule is C=C1/N=C(C#N)\C=C(/C)NC(=O)c2cc[c-]cc2N2CCC(C/C=C\CCN1)CC2.CO.[CH3-].[K+]. The van der Waals surface area contributed by atoms with Crippen LogP contribution in [0, 0.1) is 30.7 Å². The number of hydrogen-bond acceptors (Lipinski definition) is 6. The molecule has 3 heterocycles. The number of fused-ring (bicyclic) bond motifs is 11. The predicted octanol–water partition coefficient (Wildman–Crippen LogP) is 0.775. The number of nitrogens with zero attached hydrogens (tertiary/aromatic N) is 3. The van der Waals surface area contributed by atoms with Gasteiger partial charge >= 0.3 is 51.4 Å². The Bertz CT molecular complexity index is 925. The first-order valence-corrected chi connectivity index (χ1v) is 10.8. The number of hydrogen-bond donors (Lipinski definition) is 3. The predicted molar refractivity (Wildman–Crippen MR) is 135 cm³/mol. The van der Waals surface area contributed by atoms with Crippen molar-refractivity contribution in [2.75, 3.05) is 31.6 Å². The van der Waals surface area contributed by atoms with Crippen LogP contribution < -0.4 is 66.9 Å². The normalized spacial score (nSPS) is 21.2. The average molecular weight is 489 g/mol. The van der Waals surface area contributed by atoms with Gasteiger partial charge in [-0.1, -0.05) is 24.4 Å². The fourth-order valence-corrected chi connectivity index (χ4v) is 3.75. The number of aliphatic hydroxyl groups is 1. The Balaban J connectivity index is 0.00000265. The van der Waals surface area contributed by atoms with Crippen molar-refractivity contribution in [1.82, 2.24) is 10.6 Å². The summed E-state index contributed by atoms with van der Waals surface area (Å²) in [6.45, 7) is 8.17. The Morgan fingerprint density at radius 2 is 2.00 bits per heavy atom. The standard InChI is InChI=1S/C24H28N5O.CH4O.CH3.K/c1-18-16-21(17-25)28-19(2)26-13-7-3-4-8-20-11-14-29(15-12-20)23-10-6-5-9-22(23)24(30)27-18;1-2;;/h3-5,9-10,16,20,26H,2,7-8,11-15H2,1H3,(H,27,30);2H,1H3;1H3;/q-1;;-1;+1/b4-3-,18-16+,28-21+;;;. The van der Waals surface area contributed by atoms with Crippen LogP contribution in [0.2, 0.25) is 0 Å². The minimum Gasteiger partial charge on any atom is -0.423 e. The minimum atomic E-state index is -0.204. The van der Waals surface area contributed by atoms with Gasteiger partial charge in [-0.15, -0.1) is 0 Å². The number of nitrogens with one attached hydrogen (secondary N) is 2. The maximum Gasteiger partial charge on any atom is 1.00 e. The van der Waals surface area contributed by atoms with Crippen LogP contribution in [0.3, 0.4) is 0 Å². The fraction of sp³-hybridized carbons (Fsp3) is 0.385. The number of amides is 1. The quantitative estimate of drug-likeness (QED) is 0.285. The number of aliphatic imine (C=N–C) groups is 1. The number of rotatable bonds is 0. The first kappa shape index (κ1) is 32.3. The monoisotopic (exact) mass is 488 g/mol. The zero-order valence-corrected chi connectivity index (χ0v) is 24.0. The van der Waals surface area contributed by atoms with Crippen molar-refractivity contribution in [1.29, 1.82) is 5.26 Å². The first-order valence-electron chi connectivity index (χ1n) is 10.8. The number of aliphatic hydroxyl groups excluding tert-OH is 1. The molecule has 0 atom stereocenters. The summed E-state index contributed by atoms with van der Waals surface area (Å²) in [7, 11) is 1.00. The van der Waals surface area contributed by atoms with E-state index in [1.807, 2.05) is 12.1 Å². The second kappa shape index (κ2) is 17.7.